The molecule has 0 aromatic carbocycles. The van der Waals surface area contributed by atoms with Crippen molar-refractivity contribution in [1.82, 2.24) is 0 Å². The van der Waals surface area contributed by atoms with Crippen LogP contribution in [0.2, 0.25) is 0 Å². The van der Waals surface area contributed by atoms with E-state index >= 15 is 0 Å². The summed E-state index contributed by atoms with van der Waals surface area (Å²) >= 11 is 0. The van der Waals surface area contributed by atoms with Crippen LogP contribution in [-0.4, -0.2) is 19.4 Å². The van der Waals surface area contributed by atoms with E-state index in [0.717, 1.165) is 0 Å². The van der Waals surface area contributed by atoms with Crippen molar-refractivity contribution < 1.29 is 0 Å². The summed E-state index contributed by atoms with van der Waals surface area (Å²) in [6, 6.07) is 0. The summed E-state index contributed by atoms with van der Waals surface area (Å²) in [6.07, 6.45) is 4.02. The second kappa shape index (κ2) is 5.75. The maximum atomic E-state index is 3.56. The average Bonchev–Trinajstić information content (AvgIpc) is 1.81. The lowest BCUT2D eigenvalue weighted by Crippen LogP contribution is -1.64. The molecule has 0 heterocycles. The number of aliphatic imine (C=N–C) groups is 3. The summed E-state index contributed by atoms with van der Waals surface area (Å²) in [4.78, 5) is 10.5. The molecule has 3 heteroatoms. The third-order valence-electron chi connectivity index (χ3n) is 0.387. The fourth-order valence-corrected chi connectivity index (χ4v) is 0.163. The maximum absolute atomic E-state index is 3.56. The molecular weight excluding hydrogens is 102 g/mol. The van der Waals surface area contributed by atoms with Crippen LogP contribution in [0.4, 0.5) is 0 Å². The van der Waals surface area contributed by atoms with Gasteiger partial charge in [0.2, 0.25) is 0 Å². The van der Waals surface area contributed by atoms with E-state index in [9.17, 15) is 0 Å². The van der Waals surface area contributed by atoms with Crippen LogP contribution in [0.1, 0.15) is 0 Å². The number of hydrogen-bond acceptors (Lipinski definition) is 1. The third-order valence-corrected chi connectivity index (χ3v) is 0.387. The molecule has 0 radical (unpaired) electrons. The smallest absolute Gasteiger partial charge is 0.117 e. The lowest BCUT2D eigenvalue weighted by Gasteiger charge is -1.68. The monoisotopic (exact) mass is 109 g/mol. The summed E-state index contributed by atoms with van der Waals surface area (Å²) in [5.74, 6) is 0. The zero-order chi connectivity index (χ0) is 6.24. The summed E-state index contributed by atoms with van der Waals surface area (Å²) in [5.41, 5.74) is 0. The molecule has 0 aliphatic carbocycles. The lowest BCUT2D eigenvalue weighted by molar-refractivity contribution is 1.56. The minimum atomic E-state index is 1.30. The van der Waals surface area contributed by atoms with E-state index in [-0.39, 0.29) is 0 Å². The van der Waals surface area contributed by atoms with Crippen LogP contribution >= 0.6 is 0 Å². The average molecular weight is 109 g/mol. The Morgan fingerprint density at radius 2 is 1.88 bits per heavy atom. The fraction of sp³-hybridized carbons (Fsp3) is 0. The van der Waals surface area contributed by atoms with E-state index in [2.05, 4.69) is 28.3 Å². The molecule has 0 spiro atoms. The Bertz CT molecular complexity index is 108. The van der Waals surface area contributed by atoms with E-state index in [1.165, 1.54) is 18.9 Å². The summed E-state index contributed by atoms with van der Waals surface area (Å²) < 4.78 is 0. The van der Waals surface area contributed by atoms with E-state index in [1.807, 2.05) is 0 Å². The highest BCUT2D eigenvalue weighted by molar-refractivity contribution is 5.73. The minimum absolute atomic E-state index is 1.30. The highest BCUT2D eigenvalue weighted by atomic mass is 14.9. The second-order valence-corrected chi connectivity index (χ2v) is 0.894. The normalized spacial score (nSPS) is 10.5. The van der Waals surface area contributed by atoms with Crippen LogP contribution in [0.25, 0.3) is 0 Å². The molecule has 0 saturated carbocycles. The predicted octanol–water partition coefficient (Wildman–Crippen LogP) is 0.887. The van der Waals surface area contributed by atoms with Crippen molar-refractivity contribution in [3.63, 3.8) is 0 Å². The van der Waals surface area contributed by atoms with Gasteiger partial charge in [-0.25, -0.2) is 9.98 Å². The predicted molar refractivity (Wildman–Crippen MR) is 36.7 cm³/mol. The molecule has 0 aromatic heterocycles. The van der Waals surface area contributed by atoms with Crippen LogP contribution in [0.15, 0.2) is 27.8 Å². The van der Waals surface area contributed by atoms with Crippen molar-refractivity contribution in [2.24, 2.45) is 15.0 Å². The third kappa shape index (κ3) is 4.75. The first kappa shape index (κ1) is 6.75. The van der Waals surface area contributed by atoms with Gasteiger partial charge in [-0.3, -0.25) is 4.99 Å². The van der Waals surface area contributed by atoms with Gasteiger partial charge >= 0.3 is 0 Å². The molecule has 0 fully saturated rings. The quantitative estimate of drug-likeness (QED) is 0.381. The molecule has 0 amide bonds. The first-order valence-corrected chi connectivity index (χ1v) is 2.02. The Morgan fingerprint density at radius 3 is 2.38 bits per heavy atom. The molecule has 0 rings (SSSR count). The van der Waals surface area contributed by atoms with Gasteiger partial charge in [-0.1, -0.05) is 6.58 Å². The van der Waals surface area contributed by atoms with Gasteiger partial charge in [0.05, 0.1) is 0 Å². The van der Waals surface area contributed by atoms with Crippen molar-refractivity contribution >= 4 is 19.4 Å². The largest absolute Gasteiger partial charge is 0.253 e. The fourth-order valence-electron chi connectivity index (χ4n) is 0.163. The molecule has 3 nitrogen and oxygen atoms in total. The van der Waals surface area contributed by atoms with Crippen molar-refractivity contribution in [1.29, 1.82) is 0 Å². The van der Waals surface area contributed by atoms with Gasteiger partial charge in [-0.05, 0) is 6.72 Å². The van der Waals surface area contributed by atoms with E-state index in [4.69, 9.17) is 0 Å². The SMILES string of the molecule is C=CN=CN=CN=C. The first-order valence-electron chi connectivity index (χ1n) is 2.02. The first-order chi connectivity index (χ1) is 3.91. The Balaban J connectivity index is 3.41. The number of hydrogen-bond donors (Lipinski definition) is 0. The molecule has 0 bridgehead atoms. The summed E-state index contributed by atoms with van der Waals surface area (Å²) in [7, 11) is 0. The molecule has 0 aromatic rings. The molecule has 0 N–H and O–H groups in total. The molecule has 42 valence electrons. The summed E-state index contributed by atoms with van der Waals surface area (Å²) in [5, 5.41) is 0. The highest BCUT2D eigenvalue weighted by Crippen LogP contribution is 1.63. The molecule has 0 aliphatic heterocycles. The van der Waals surface area contributed by atoms with Crippen molar-refractivity contribution in [2.45, 2.75) is 0 Å². The van der Waals surface area contributed by atoms with Gasteiger partial charge in [0, 0.05) is 6.20 Å². The van der Waals surface area contributed by atoms with Crippen molar-refractivity contribution in [2.75, 3.05) is 0 Å². The Labute approximate surface area is 48.2 Å². The number of nitrogens with zero attached hydrogens (tertiary/aromatic N) is 3. The lowest BCUT2D eigenvalue weighted by atomic mass is 11.0. The Morgan fingerprint density at radius 1 is 1.12 bits per heavy atom. The molecule has 0 unspecified atom stereocenters. The maximum Gasteiger partial charge on any atom is 0.117 e. The molecule has 8 heavy (non-hydrogen) atoms. The second-order valence-electron chi connectivity index (χ2n) is 0.894. The van der Waals surface area contributed by atoms with Gasteiger partial charge in [0.15, 0.2) is 0 Å². The van der Waals surface area contributed by atoms with Gasteiger partial charge in [-0.15, -0.1) is 0 Å². The van der Waals surface area contributed by atoms with Crippen LogP contribution in [0.5, 0.6) is 0 Å². The van der Waals surface area contributed by atoms with Gasteiger partial charge in [-0.2, -0.15) is 0 Å². The topological polar surface area (TPSA) is 37.1 Å². The standard InChI is InChI=1S/C5H7N3/c1-3-7-5-8-4-6-2/h3-5H,1-2H2. The zero-order valence-corrected chi connectivity index (χ0v) is 4.49. The summed E-state index contributed by atoms with van der Waals surface area (Å²) in [6.45, 7) is 6.51. The van der Waals surface area contributed by atoms with Crippen LogP contribution < -0.4 is 0 Å². The molecular formula is C5H7N3. The Kier molecular flexibility index (Phi) is 4.85. The van der Waals surface area contributed by atoms with E-state index in [1.54, 1.807) is 0 Å². The van der Waals surface area contributed by atoms with Gasteiger partial charge < -0.3 is 0 Å². The Hall–Kier alpha value is -1.25. The van der Waals surface area contributed by atoms with Gasteiger partial charge in [0.1, 0.15) is 12.7 Å². The highest BCUT2D eigenvalue weighted by Gasteiger charge is 1.55. The number of rotatable bonds is 3. The van der Waals surface area contributed by atoms with Crippen LogP contribution in [0, 0.1) is 0 Å². The van der Waals surface area contributed by atoms with Crippen molar-refractivity contribution in [3.8, 4) is 0 Å². The minimum Gasteiger partial charge on any atom is -0.253 e. The van der Waals surface area contributed by atoms with E-state index < -0.39 is 0 Å². The van der Waals surface area contributed by atoms with Crippen LogP contribution in [0.3, 0.4) is 0 Å². The van der Waals surface area contributed by atoms with E-state index in [0.29, 0.717) is 0 Å². The molecule has 0 atom stereocenters. The van der Waals surface area contributed by atoms with Gasteiger partial charge in [0.25, 0.3) is 0 Å². The molecule has 0 aliphatic rings. The van der Waals surface area contributed by atoms with Crippen molar-refractivity contribution in [3.05, 3.63) is 12.8 Å². The zero-order valence-electron chi connectivity index (χ0n) is 4.49. The van der Waals surface area contributed by atoms with Crippen LogP contribution in [-0.2, 0) is 0 Å². The molecule has 0 saturated heterocycles.